The Kier molecular flexibility index (Phi) is 6.20. The number of alkyl halides is 3. The standard InChI is InChI=1S/C22H22F3N3O4/c23-22(24,25)15-3-8-19(26-14-15)31-17-4-6-18(7-5-17)32-21(30)27-12-9-16(10-13-27)28-11-1-2-20(28)29/h3-8,14,16H,1-2,9-13H2. The molecule has 2 fully saturated rings. The first-order valence-electron chi connectivity index (χ1n) is 10.4. The smallest absolute Gasteiger partial charge is 0.417 e. The molecule has 7 nitrogen and oxygen atoms in total. The van der Waals surface area contributed by atoms with Gasteiger partial charge in [-0.05, 0) is 49.6 Å². The molecule has 2 saturated heterocycles. The number of benzene rings is 1. The summed E-state index contributed by atoms with van der Waals surface area (Å²) in [5.74, 6) is 0.870. The number of piperidine rings is 1. The van der Waals surface area contributed by atoms with E-state index in [2.05, 4.69) is 4.98 Å². The molecule has 32 heavy (non-hydrogen) atoms. The van der Waals surface area contributed by atoms with Crippen molar-refractivity contribution in [3.63, 3.8) is 0 Å². The fraction of sp³-hybridized carbons (Fsp3) is 0.409. The molecule has 1 aromatic heterocycles. The minimum Gasteiger partial charge on any atom is -0.439 e. The lowest BCUT2D eigenvalue weighted by Gasteiger charge is -2.36. The molecule has 0 saturated carbocycles. The number of carbonyl (C=O) groups excluding carboxylic acids is 2. The number of pyridine rings is 1. The largest absolute Gasteiger partial charge is 0.439 e. The second kappa shape index (κ2) is 9.05. The van der Waals surface area contributed by atoms with E-state index in [0.717, 1.165) is 37.9 Å². The third-order valence-electron chi connectivity index (χ3n) is 5.59. The van der Waals surface area contributed by atoms with Crippen LogP contribution in [-0.2, 0) is 11.0 Å². The summed E-state index contributed by atoms with van der Waals surface area (Å²) in [7, 11) is 0. The van der Waals surface area contributed by atoms with Gasteiger partial charge in [-0.15, -0.1) is 0 Å². The number of halogens is 3. The highest BCUT2D eigenvalue weighted by Gasteiger charge is 2.32. The zero-order valence-corrected chi connectivity index (χ0v) is 17.2. The Hall–Kier alpha value is -3.30. The average molecular weight is 449 g/mol. The lowest BCUT2D eigenvalue weighted by molar-refractivity contribution is -0.137. The fourth-order valence-corrected chi connectivity index (χ4v) is 3.89. The molecular formula is C22H22F3N3O4. The van der Waals surface area contributed by atoms with E-state index < -0.39 is 17.8 Å². The van der Waals surface area contributed by atoms with Crippen LogP contribution in [0.15, 0.2) is 42.6 Å². The van der Waals surface area contributed by atoms with E-state index in [4.69, 9.17) is 9.47 Å². The third-order valence-corrected chi connectivity index (χ3v) is 5.59. The Morgan fingerprint density at radius 1 is 1.00 bits per heavy atom. The maximum absolute atomic E-state index is 12.6. The van der Waals surface area contributed by atoms with Crippen LogP contribution < -0.4 is 9.47 Å². The number of nitrogens with zero attached hydrogens (tertiary/aromatic N) is 3. The first-order chi connectivity index (χ1) is 15.3. The summed E-state index contributed by atoms with van der Waals surface area (Å²) in [5, 5.41) is 0. The molecule has 0 radical (unpaired) electrons. The monoisotopic (exact) mass is 449 g/mol. The lowest BCUT2D eigenvalue weighted by Crippen LogP contribution is -2.47. The van der Waals surface area contributed by atoms with Crippen LogP contribution in [0.1, 0.15) is 31.2 Å². The van der Waals surface area contributed by atoms with Crippen LogP contribution in [0.25, 0.3) is 0 Å². The molecule has 2 amide bonds. The van der Waals surface area contributed by atoms with Gasteiger partial charge in [0.25, 0.3) is 0 Å². The Morgan fingerprint density at radius 3 is 2.25 bits per heavy atom. The molecule has 170 valence electrons. The molecule has 10 heteroatoms. The van der Waals surface area contributed by atoms with Crippen molar-refractivity contribution in [3.8, 4) is 17.4 Å². The quantitative estimate of drug-likeness (QED) is 0.689. The van der Waals surface area contributed by atoms with Crippen LogP contribution >= 0.6 is 0 Å². The van der Waals surface area contributed by atoms with E-state index in [1.807, 2.05) is 4.90 Å². The number of aromatic nitrogens is 1. The van der Waals surface area contributed by atoms with E-state index >= 15 is 0 Å². The maximum atomic E-state index is 12.6. The summed E-state index contributed by atoms with van der Waals surface area (Å²) in [5.41, 5.74) is -0.858. The van der Waals surface area contributed by atoms with Gasteiger partial charge >= 0.3 is 12.3 Å². The van der Waals surface area contributed by atoms with Crippen molar-refractivity contribution >= 4 is 12.0 Å². The number of rotatable bonds is 4. The second-order valence-electron chi connectivity index (χ2n) is 7.73. The molecule has 0 spiro atoms. The predicted octanol–water partition coefficient (Wildman–Crippen LogP) is 4.48. The van der Waals surface area contributed by atoms with Gasteiger partial charge in [0.05, 0.1) is 5.56 Å². The number of hydrogen-bond donors (Lipinski definition) is 0. The molecule has 1 aromatic carbocycles. The summed E-state index contributed by atoms with van der Waals surface area (Å²) >= 11 is 0. The number of ether oxygens (including phenoxy) is 2. The predicted molar refractivity (Wildman–Crippen MR) is 107 cm³/mol. The van der Waals surface area contributed by atoms with E-state index in [9.17, 15) is 22.8 Å². The highest BCUT2D eigenvalue weighted by Crippen LogP contribution is 2.30. The van der Waals surface area contributed by atoms with Gasteiger partial charge in [0.1, 0.15) is 11.5 Å². The molecule has 2 aliphatic rings. The highest BCUT2D eigenvalue weighted by atomic mass is 19.4. The van der Waals surface area contributed by atoms with Crippen LogP contribution in [0.4, 0.5) is 18.0 Å². The summed E-state index contributed by atoms with van der Waals surface area (Å²) in [6.45, 7) is 1.84. The minimum atomic E-state index is -4.46. The molecule has 0 bridgehead atoms. The van der Waals surface area contributed by atoms with Gasteiger partial charge in [0.2, 0.25) is 11.8 Å². The van der Waals surface area contributed by atoms with E-state index in [1.54, 1.807) is 4.90 Å². The number of likely N-dealkylation sites (tertiary alicyclic amines) is 2. The molecule has 0 aliphatic carbocycles. The van der Waals surface area contributed by atoms with Crippen LogP contribution in [0.3, 0.4) is 0 Å². The van der Waals surface area contributed by atoms with Gasteiger partial charge < -0.3 is 19.3 Å². The molecule has 0 atom stereocenters. The number of carbonyl (C=O) groups is 2. The molecular weight excluding hydrogens is 427 g/mol. The Labute approximate surface area is 182 Å². The SMILES string of the molecule is O=C(Oc1ccc(Oc2ccc(C(F)(F)F)cn2)cc1)N1CCC(N2CCCC2=O)CC1. The molecule has 0 N–H and O–H groups in total. The van der Waals surface area contributed by atoms with Crippen LogP contribution in [0.5, 0.6) is 17.4 Å². The lowest BCUT2D eigenvalue weighted by atomic mass is 10.0. The van der Waals surface area contributed by atoms with Crippen molar-refractivity contribution in [1.82, 2.24) is 14.8 Å². The van der Waals surface area contributed by atoms with Gasteiger partial charge in [-0.2, -0.15) is 13.2 Å². The molecule has 4 rings (SSSR count). The third kappa shape index (κ3) is 5.12. The highest BCUT2D eigenvalue weighted by molar-refractivity contribution is 5.78. The summed E-state index contributed by atoms with van der Waals surface area (Å²) < 4.78 is 48.6. The van der Waals surface area contributed by atoms with E-state index in [0.29, 0.717) is 37.2 Å². The van der Waals surface area contributed by atoms with Gasteiger partial charge in [0, 0.05) is 44.4 Å². The average Bonchev–Trinajstić information content (AvgIpc) is 3.21. The van der Waals surface area contributed by atoms with Crippen LogP contribution in [-0.4, -0.2) is 52.5 Å². The first-order valence-corrected chi connectivity index (χ1v) is 10.4. The normalized spacial score (nSPS) is 17.5. The Bertz CT molecular complexity index is 956. The van der Waals surface area contributed by atoms with Crippen molar-refractivity contribution < 1.29 is 32.2 Å². The Balaban J connectivity index is 1.27. The van der Waals surface area contributed by atoms with E-state index in [-0.39, 0.29) is 17.8 Å². The summed E-state index contributed by atoms with van der Waals surface area (Å²) in [6.07, 6.45) is -1.25. The van der Waals surface area contributed by atoms with Gasteiger partial charge in [-0.25, -0.2) is 9.78 Å². The minimum absolute atomic E-state index is 0.0158. The van der Waals surface area contributed by atoms with Crippen LogP contribution in [0.2, 0.25) is 0 Å². The van der Waals surface area contributed by atoms with Gasteiger partial charge in [-0.1, -0.05) is 0 Å². The van der Waals surface area contributed by atoms with Crippen molar-refractivity contribution in [2.45, 2.75) is 37.9 Å². The fourth-order valence-electron chi connectivity index (χ4n) is 3.89. The zero-order valence-electron chi connectivity index (χ0n) is 17.2. The van der Waals surface area contributed by atoms with Gasteiger partial charge in [-0.3, -0.25) is 4.79 Å². The molecule has 2 aromatic rings. The van der Waals surface area contributed by atoms with Crippen molar-refractivity contribution in [3.05, 3.63) is 48.2 Å². The summed E-state index contributed by atoms with van der Waals surface area (Å²) in [4.78, 5) is 31.5. The number of hydrogen-bond acceptors (Lipinski definition) is 5. The summed E-state index contributed by atoms with van der Waals surface area (Å²) in [6, 6.07) is 8.35. The van der Waals surface area contributed by atoms with Crippen molar-refractivity contribution in [2.24, 2.45) is 0 Å². The van der Waals surface area contributed by atoms with Crippen LogP contribution in [0, 0.1) is 0 Å². The van der Waals surface area contributed by atoms with E-state index in [1.165, 1.54) is 24.3 Å². The molecule has 3 heterocycles. The maximum Gasteiger partial charge on any atom is 0.417 e. The zero-order chi connectivity index (χ0) is 22.7. The first kappa shape index (κ1) is 21.9. The van der Waals surface area contributed by atoms with Crippen molar-refractivity contribution in [2.75, 3.05) is 19.6 Å². The molecule has 2 aliphatic heterocycles. The van der Waals surface area contributed by atoms with Gasteiger partial charge in [0.15, 0.2) is 0 Å². The topological polar surface area (TPSA) is 72.0 Å². The second-order valence-corrected chi connectivity index (χ2v) is 7.73. The Morgan fingerprint density at radius 2 is 1.69 bits per heavy atom. The van der Waals surface area contributed by atoms with Crippen molar-refractivity contribution in [1.29, 1.82) is 0 Å². The molecule has 0 unspecified atom stereocenters. The number of amides is 2.